The monoisotopic (exact) mass is 437 g/mol. The molecule has 162 valence electrons. The second kappa shape index (κ2) is 7.61. The molecule has 0 bridgehead atoms. The van der Waals surface area contributed by atoms with Crippen molar-refractivity contribution in [3.8, 4) is 6.07 Å². The summed E-state index contributed by atoms with van der Waals surface area (Å²) in [4.78, 5) is 12.8. The first-order valence-corrected chi connectivity index (χ1v) is 11.9. The van der Waals surface area contributed by atoms with Gasteiger partial charge in [-0.2, -0.15) is 5.26 Å². The first kappa shape index (κ1) is 20.5. The number of furan rings is 1. The summed E-state index contributed by atoms with van der Waals surface area (Å²) in [5, 5.41) is 23.8. The van der Waals surface area contributed by atoms with Gasteiger partial charge in [0.05, 0.1) is 17.2 Å². The van der Waals surface area contributed by atoms with E-state index in [1.54, 1.807) is 13.8 Å². The Morgan fingerprint density at radius 1 is 1.16 bits per heavy atom. The Kier molecular flexibility index (Phi) is 5.03. The smallest absolute Gasteiger partial charge is 0.329 e. The van der Waals surface area contributed by atoms with Crippen LogP contribution < -0.4 is 10.0 Å². The molecule has 3 N–H and O–H groups in total. The van der Waals surface area contributed by atoms with Crippen LogP contribution in [0.25, 0.3) is 0 Å². The summed E-state index contributed by atoms with van der Waals surface area (Å²) in [5.41, 5.74) is 6.09. The second-order valence-corrected chi connectivity index (χ2v) is 10.1. The van der Waals surface area contributed by atoms with E-state index in [0.717, 1.165) is 108 Å². The van der Waals surface area contributed by atoms with E-state index in [-0.39, 0.29) is 6.03 Å². The Morgan fingerprint density at radius 2 is 1.77 bits per heavy atom. The van der Waals surface area contributed by atoms with E-state index in [1.165, 1.54) is 0 Å². The summed E-state index contributed by atoms with van der Waals surface area (Å²) in [6.45, 7) is 3.51. The van der Waals surface area contributed by atoms with Crippen molar-refractivity contribution < 1.29 is 14.3 Å². The number of nitriles is 1. The van der Waals surface area contributed by atoms with Gasteiger partial charge in [0.2, 0.25) is 0 Å². The molecule has 0 radical (unpaired) electrons. The maximum Gasteiger partial charge on any atom is 0.329 e. The Morgan fingerprint density at radius 3 is 2.32 bits per heavy atom. The predicted molar refractivity (Wildman–Crippen MR) is 119 cm³/mol. The molecule has 3 aliphatic carbocycles. The van der Waals surface area contributed by atoms with E-state index < -0.39 is 5.60 Å². The van der Waals surface area contributed by atoms with Crippen LogP contribution in [0.15, 0.2) is 15.6 Å². The third-order valence-corrected chi connectivity index (χ3v) is 7.27. The molecule has 0 saturated heterocycles. The average Bonchev–Trinajstić information content (AvgIpc) is 3.11. The molecule has 1 heterocycles. The zero-order valence-corrected chi connectivity index (χ0v) is 18.7. The van der Waals surface area contributed by atoms with Crippen LogP contribution in [0.4, 0.5) is 10.5 Å². The molecular formula is C24H27N3O3S. The molecule has 2 aromatic rings. The lowest BCUT2D eigenvalue weighted by Crippen LogP contribution is -2.24. The molecule has 1 aromatic heterocycles. The van der Waals surface area contributed by atoms with E-state index >= 15 is 0 Å². The molecule has 7 heteroatoms. The van der Waals surface area contributed by atoms with E-state index in [2.05, 4.69) is 16.1 Å². The van der Waals surface area contributed by atoms with Gasteiger partial charge in [-0.15, -0.1) is 0 Å². The van der Waals surface area contributed by atoms with E-state index in [1.807, 2.05) is 6.07 Å². The molecule has 0 aliphatic heterocycles. The highest BCUT2D eigenvalue weighted by atomic mass is 32.2. The summed E-state index contributed by atoms with van der Waals surface area (Å²) < 4.78 is 8.80. The molecule has 2 amide bonds. The molecule has 31 heavy (non-hydrogen) atoms. The normalized spacial score (nSPS) is 17.2. The third-order valence-electron chi connectivity index (χ3n) is 6.58. The number of urea groups is 1. The van der Waals surface area contributed by atoms with Crippen molar-refractivity contribution >= 4 is 23.7 Å². The topological polar surface area (TPSA) is 98.3 Å². The number of carbonyl (C=O) groups is 1. The van der Waals surface area contributed by atoms with Gasteiger partial charge < -0.3 is 14.8 Å². The lowest BCUT2D eigenvalue weighted by Gasteiger charge is -2.17. The Bertz CT molecular complexity index is 1070. The van der Waals surface area contributed by atoms with Gasteiger partial charge in [0, 0.05) is 29.1 Å². The van der Waals surface area contributed by atoms with Gasteiger partial charge in [-0.3, -0.25) is 4.72 Å². The van der Waals surface area contributed by atoms with Gasteiger partial charge in [0.1, 0.15) is 5.76 Å². The first-order chi connectivity index (χ1) is 14.9. The molecule has 5 rings (SSSR count). The van der Waals surface area contributed by atoms with Gasteiger partial charge >= 0.3 is 6.03 Å². The van der Waals surface area contributed by atoms with Crippen molar-refractivity contribution in [1.29, 1.82) is 5.26 Å². The number of carbonyl (C=O) groups excluding carboxylic acids is 1. The van der Waals surface area contributed by atoms with E-state index in [9.17, 15) is 15.2 Å². The lowest BCUT2D eigenvalue weighted by molar-refractivity contribution is 0.0765. The van der Waals surface area contributed by atoms with Crippen LogP contribution >= 0.6 is 11.9 Å². The zero-order valence-electron chi connectivity index (χ0n) is 17.9. The molecule has 1 saturated carbocycles. The second-order valence-electron chi connectivity index (χ2n) is 9.32. The van der Waals surface area contributed by atoms with Crippen molar-refractivity contribution in [3.05, 3.63) is 45.2 Å². The highest BCUT2D eigenvalue weighted by Crippen LogP contribution is 2.46. The largest absolute Gasteiger partial charge is 0.452 e. The van der Waals surface area contributed by atoms with Gasteiger partial charge in [-0.1, -0.05) is 0 Å². The molecular weight excluding hydrogens is 410 g/mol. The highest BCUT2D eigenvalue weighted by molar-refractivity contribution is 7.97. The number of hydrogen-bond donors (Lipinski definition) is 3. The molecule has 0 unspecified atom stereocenters. The summed E-state index contributed by atoms with van der Waals surface area (Å²) >= 11 is 1.13. The minimum Gasteiger partial charge on any atom is -0.452 e. The maximum absolute atomic E-state index is 12.8. The molecule has 1 fully saturated rings. The number of rotatable bonds is 5. The van der Waals surface area contributed by atoms with Crippen molar-refractivity contribution in [1.82, 2.24) is 4.72 Å². The van der Waals surface area contributed by atoms with Crippen molar-refractivity contribution in [2.45, 2.75) is 81.8 Å². The SMILES string of the molecule is CC(C)(O)c1cc(SNC(=O)Nc2c3c(c(C#N)c4c2CCC4)CCC3)oc1C1CC1. The number of benzene rings is 1. The molecule has 6 nitrogen and oxygen atoms in total. The fourth-order valence-electron chi connectivity index (χ4n) is 5.04. The number of hydrogen-bond acceptors (Lipinski definition) is 5. The van der Waals surface area contributed by atoms with Crippen LogP contribution in [0, 0.1) is 11.3 Å². The van der Waals surface area contributed by atoms with Crippen LogP contribution in [0.2, 0.25) is 0 Å². The predicted octanol–water partition coefficient (Wildman–Crippen LogP) is 5.06. The van der Waals surface area contributed by atoms with Crippen LogP contribution in [-0.4, -0.2) is 11.1 Å². The van der Waals surface area contributed by atoms with E-state index in [0.29, 0.717) is 11.0 Å². The third kappa shape index (κ3) is 3.72. The lowest BCUT2D eigenvalue weighted by atomic mass is 9.93. The summed E-state index contributed by atoms with van der Waals surface area (Å²) in [7, 11) is 0. The highest BCUT2D eigenvalue weighted by Gasteiger charge is 2.35. The summed E-state index contributed by atoms with van der Waals surface area (Å²) in [5.74, 6) is 1.20. The average molecular weight is 438 g/mol. The Labute approximate surface area is 186 Å². The zero-order chi connectivity index (χ0) is 21.8. The quantitative estimate of drug-likeness (QED) is 0.568. The van der Waals surface area contributed by atoms with Crippen molar-refractivity contribution in [2.24, 2.45) is 0 Å². The summed E-state index contributed by atoms with van der Waals surface area (Å²) in [6, 6.07) is 3.95. The first-order valence-electron chi connectivity index (χ1n) is 11.1. The number of anilines is 1. The van der Waals surface area contributed by atoms with Crippen LogP contribution in [0.1, 0.15) is 84.6 Å². The fourth-order valence-corrected chi connectivity index (χ4v) is 5.59. The van der Waals surface area contributed by atoms with Crippen LogP contribution in [-0.2, 0) is 31.3 Å². The number of fused-ring (bicyclic) bond motifs is 2. The number of amides is 2. The minimum absolute atomic E-state index is 0.299. The van der Waals surface area contributed by atoms with Gasteiger partial charge in [-0.05, 0) is 93.5 Å². The van der Waals surface area contributed by atoms with E-state index in [4.69, 9.17) is 4.42 Å². The standard InChI is InChI=1S/C24H27N3O3S/c1-24(2,29)19-11-20(30-22(19)13-9-10-13)31-27-23(28)26-21-16-7-3-5-14(16)18(12-25)15-6-4-8-17(15)21/h11,13,29H,3-10H2,1-2H3,(H2,26,27,28). The van der Waals surface area contributed by atoms with Gasteiger partial charge in [0.15, 0.2) is 5.09 Å². The molecule has 1 aromatic carbocycles. The van der Waals surface area contributed by atoms with Crippen LogP contribution in [0.5, 0.6) is 0 Å². The van der Waals surface area contributed by atoms with Gasteiger partial charge in [-0.25, -0.2) is 4.79 Å². The summed E-state index contributed by atoms with van der Waals surface area (Å²) in [6.07, 6.45) is 7.81. The Balaban J connectivity index is 1.34. The number of nitrogens with one attached hydrogen (secondary N) is 2. The van der Waals surface area contributed by atoms with Crippen molar-refractivity contribution in [3.63, 3.8) is 0 Å². The molecule has 0 atom stereocenters. The number of nitrogens with zero attached hydrogens (tertiary/aromatic N) is 1. The fraction of sp³-hybridized carbons (Fsp3) is 0.500. The molecule has 0 spiro atoms. The maximum atomic E-state index is 12.8. The Hall–Kier alpha value is -2.43. The molecule has 3 aliphatic rings. The van der Waals surface area contributed by atoms with Crippen LogP contribution in [0.3, 0.4) is 0 Å². The van der Waals surface area contributed by atoms with Gasteiger partial charge in [0.25, 0.3) is 0 Å². The number of aliphatic hydroxyl groups is 1. The minimum atomic E-state index is -0.980. The van der Waals surface area contributed by atoms with Crippen molar-refractivity contribution in [2.75, 3.05) is 5.32 Å².